The first-order valence-corrected chi connectivity index (χ1v) is 13.4. The summed E-state index contributed by atoms with van der Waals surface area (Å²) >= 11 is 1.43. The molecule has 34 heavy (non-hydrogen) atoms. The highest BCUT2D eigenvalue weighted by molar-refractivity contribution is 7.89. The number of nitrogens with zero attached hydrogens (tertiary/aromatic N) is 4. The predicted molar refractivity (Wildman–Crippen MR) is 136 cm³/mol. The van der Waals surface area contributed by atoms with E-state index in [0.29, 0.717) is 42.8 Å². The number of anilines is 1. The molecule has 2 aromatic carbocycles. The van der Waals surface area contributed by atoms with Crippen LogP contribution in [0.15, 0.2) is 77.5 Å². The molecule has 0 unspecified atom stereocenters. The van der Waals surface area contributed by atoms with E-state index in [0.717, 1.165) is 16.8 Å². The van der Waals surface area contributed by atoms with E-state index in [1.165, 1.54) is 15.6 Å². The molecule has 0 spiro atoms. The molecule has 0 bridgehead atoms. The van der Waals surface area contributed by atoms with Crippen LogP contribution >= 0.6 is 11.3 Å². The van der Waals surface area contributed by atoms with E-state index in [1.807, 2.05) is 47.5 Å². The second kappa shape index (κ2) is 10.6. The molecule has 0 N–H and O–H groups in total. The third-order valence-corrected chi connectivity index (χ3v) is 8.53. The van der Waals surface area contributed by atoms with E-state index >= 15 is 0 Å². The Morgan fingerprint density at radius 2 is 1.76 bits per heavy atom. The third-order valence-electron chi connectivity index (χ3n) is 5.75. The summed E-state index contributed by atoms with van der Waals surface area (Å²) in [7, 11) is -3.53. The van der Waals surface area contributed by atoms with E-state index in [2.05, 4.69) is 11.6 Å². The summed E-state index contributed by atoms with van der Waals surface area (Å²) in [5, 5.41) is 2.58. The van der Waals surface area contributed by atoms with Crippen LogP contribution in [0.25, 0.3) is 11.3 Å². The van der Waals surface area contributed by atoms with Crippen LogP contribution in [-0.2, 0) is 14.8 Å². The van der Waals surface area contributed by atoms with Gasteiger partial charge in [-0.25, -0.2) is 13.4 Å². The molecule has 1 fully saturated rings. The number of piperazine rings is 1. The Morgan fingerprint density at radius 3 is 2.41 bits per heavy atom. The van der Waals surface area contributed by atoms with Gasteiger partial charge >= 0.3 is 0 Å². The van der Waals surface area contributed by atoms with Crippen LogP contribution in [0.5, 0.6) is 0 Å². The third kappa shape index (κ3) is 5.44. The zero-order valence-electron chi connectivity index (χ0n) is 19.1. The molecule has 0 radical (unpaired) electrons. The second-order valence-electron chi connectivity index (χ2n) is 8.17. The average Bonchev–Trinajstić information content (AvgIpc) is 3.33. The quantitative estimate of drug-likeness (QED) is 0.445. The molecule has 3 aromatic rings. The zero-order valence-corrected chi connectivity index (χ0v) is 20.8. The molecule has 1 amide bonds. The number of sulfonamides is 1. The molecular weight excluding hydrogens is 468 g/mol. The van der Waals surface area contributed by atoms with Crippen LogP contribution in [0.4, 0.5) is 5.13 Å². The van der Waals surface area contributed by atoms with Gasteiger partial charge in [-0.05, 0) is 19.1 Å². The first-order chi connectivity index (χ1) is 16.4. The number of hydrogen-bond donors (Lipinski definition) is 0. The molecule has 9 heteroatoms. The van der Waals surface area contributed by atoms with Crippen molar-refractivity contribution in [1.82, 2.24) is 14.2 Å². The fourth-order valence-corrected chi connectivity index (χ4v) is 6.09. The van der Waals surface area contributed by atoms with Gasteiger partial charge in [0, 0.05) is 43.7 Å². The Labute approximate surface area is 205 Å². The lowest BCUT2D eigenvalue weighted by Crippen LogP contribution is -2.51. The summed E-state index contributed by atoms with van der Waals surface area (Å²) in [5.41, 5.74) is 2.85. The summed E-state index contributed by atoms with van der Waals surface area (Å²) in [5.74, 6) is -0.0799. The Balaban J connectivity index is 1.39. The Bertz CT molecular complexity index is 1230. The zero-order chi connectivity index (χ0) is 24.1. The maximum atomic E-state index is 13.2. The number of carbonyl (C=O) groups is 1. The summed E-state index contributed by atoms with van der Waals surface area (Å²) < 4.78 is 27.4. The Kier molecular flexibility index (Phi) is 7.57. The van der Waals surface area contributed by atoms with Crippen molar-refractivity contribution in [1.29, 1.82) is 0 Å². The van der Waals surface area contributed by atoms with Crippen molar-refractivity contribution >= 4 is 32.4 Å². The number of amides is 1. The van der Waals surface area contributed by atoms with Crippen molar-refractivity contribution in [2.75, 3.05) is 44.2 Å². The van der Waals surface area contributed by atoms with Gasteiger partial charge in [-0.15, -0.1) is 17.9 Å². The number of thiazole rings is 1. The molecule has 2 heterocycles. The minimum atomic E-state index is -3.53. The van der Waals surface area contributed by atoms with Gasteiger partial charge in [0.05, 0.1) is 17.1 Å². The first kappa shape index (κ1) is 24.3. The number of rotatable bonds is 8. The van der Waals surface area contributed by atoms with Gasteiger partial charge in [0.2, 0.25) is 15.9 Å². The van der Waals surface area contributed by atoms with Crippen LogP contribution in [0.2, 0.25) is 0 Å². The predicted octanol–water partition coefficient (Wildman–Crippen LogP) is 3.64. The van der Waals surface area contributed by atoms with Crippen LogP contribution < -0.4 is 4.90 Å². The van der Waals surface area contributed by atoms with E-state index in [-0.39, 0.29) is 12.5 Å². The molecule has 1 saturated heterocycles. The SMILES string of the molecule is C=CCN(C(=O)CN1CCN(S(=O)(=O)c2ccc(C)cc2)CC1)c1nc(-c2ccccc2)cs1. The summed E-state index contributed by atoms with van der Waals surface area (Å²) in [4.78, 5) is 21.8. The van der Waals surface area contributed by atoms with Crippen molar-refractivity contribution in [3.63, 3.8) is 0 Å². The summed E-state index contributed by atoms with van der Waals surface area (Å²) in [6.45, 7) is 7.96. The van der Waals surface area contributed by atoms with Gasteiger partial charge in [-0.1, -0.05) is 54.1 Å². The van der Waals surface area contributed by atoms with E-state index in [4.69, 9.17) is 0 Å². The molecule has 0 aliphatic carbocycles. The minimum absolute atomic E-state index is 0.0799. The van der Waals surface area contributed by atoms with Crippen molar-refractivity contribution in [2.45, 2.75) is 11.8 Å². The standard InChI is InChI=1S/C25H28N4O3S2/c1-3-13-29(25-26-23(19-33-25)21-7-5-4-6-8-21)24(30)18-27-14-16-28(17-15-27)34(31,32)22-11-9-20(2)10-12-22/h3-12,19H,1,13-18H2,2H3. The Hall–Kier alpha value is -2.85. The highest BCUT2D eigenvalue weighted by Gasteiger charge is 2.30. The van der Waals surface area contributed by atoms with Crippen LogP contribution in [0.1, 0.15) is 5.56 Å². The van der Waals surface area contributed by atoms with E-state index in [9.17, 15) is 13.2 Å². The number of aryl methyl sites for hydroxylation is 1. The van der Waals surface area contributed by atoms with Crippen molar-refractivity contribution < 1.29 is 13.2 Å². The molecule has 178 valence electrons. The summed E-state index contributed by atoms with van der Waals surface area (Å²) in [6, 6.07) is 16.7. The fraction of sp³-hybridized carbons (Fsp3) is 0.280. The first-order valence-electron chi connectivity index (χ1n) is 11.1. The van der Waals surface area contributed by atoms with Gasteiger partial charge in [0.1, 0.15) is 0 Å². The highest BCUT2D eigenvalue weighted by Crippen LogP contribution is 2.27. The second-order valence-corrected chi connectivity index (χ2v) is 10.9. The maximum Gasteiger partial charge on any atom is 0.243 e. The number of benzene rings is 2. The molecule has 1 aliphatic heterocycles. The normalized spacial score (nSPS) is 15.2. The Morgan fingerprint density at radius 1 is 1.09 bits per heavy atom. The van der Waals surface area contributed by atoms with Gasteiger partial charge in [0.15, 0.2) is 5.13 Å². The minimum Gasteiger partial charge on any atom is -0.292 e. The molecule has 1 aromatic heterocycles. The molecular formula is C25H28N4O3S2. The van der Waals surface area contributed by atoms with Crippen LogP contribution in [-0.4, -0.2) is 67.8 Å². The molecule has 1 aliphatic rings. The highest BCUT2D eigenvalue weighted by atomic mass is 32.2. The lowest BCUT2D eigenvalue weighted by Gasteiger charge is -2.34. The van der Waals surface area contributed by atoms with Crippen LogP contribution in [0, 0.1) is 6.92 Å². The molecule has 4 rings (SSSR count). The van der Waals surface area contributed by atoms with E-state index in [1.54, 1.807) is 35.2 Å². The fourth-order valence-electron chi connectivity index (χ4n) is 3.81. The topological polar surface area (TPSA) is 73.8 Å². The van der Waals surface area contributed by atoms with Crippen LogP contribution in [0.3, 0.4) is 0 Å². The van der Waals surface area contributed by atoms with Gasteiger partial charge in [-0.3, -0.25) is 14.6 Å². The van der Waals surface area contributed by atoms with Gasteiger partial charge < -0.3 is 0 Å². The number of aromatic nitrogens is 1. The average molecular weight is 497 g/mol. The molecule has 0 atom stereocenters. The smallest absolute Gasteiger partial charge is 0.243 e. The van der Waals surface area contributed by atoms with Gasteiger partial charge in [-0.2, -0.15) is 4.31 Å². The van der Waals surface area contributed by atoms with Crippen molar-refractivity contribution in [3.8, 4) is 11.3 Å². The summed E-state index contributed by atoms with van der Waals surface area (Å²) in [6.07, 6.45) is 1.69. The van der Waals surface area contributed by atoms with Crippen molar-refractivity contribution in [2.24, 2.45) is 0 Å². The molecule has 7 nitrogen and oxygen atoms in total. The van der Waals surface area contributed by atoms with E-state index < -0.39 is 10.0 Å². The van der Waals surface area contributed by atoms with Gasteiger partial charge in [0.25, 0.3) is 0 Å². The monoisotopic (exact) mass is 496 g/mol. The van der Waals surface area contributed by atoms with Crippen molar-refractivity contribution in [3.05, 3.63) is 78.2 Å². The number of hydrogen-bond acceptors (Lipinski definition) is 6. The maximum absolute atomic E-state index is 13.2. The number of carbonyl (C=O) groups excluding carboxylic acids is 1. The molecule has 0 saturated carbocycles. The lowest BCUT2D eigenvalue weighted by molar-refractivity contribution is -0.119. The largest absolute Gasteiger partial charge is 0.292 e. The lowest BCUT2D eigenvalue weighted by atomic mass is 10.2.